The van der Waals surface area contributed by atoms with Crippen LogP contribution in [0.5, 0.6) is 5.75 Å². The minimum absolute atomic E-state index is 0.0677. The lowest BCUT2D eigenvalue weighted by atomic mass is 10.0. The first-order valence-corrected chi connectivity index (χ1v) is 6.12. The van der Waals surface area contributed by atoms with E-state index in [0.717, 1.165) is 12.0 Å². The number of rotatable bonds is 3. The van der Waals surface area contributed by atoms with Crippen LogP contribution in [0.4, 0.5) is 4.39 Å². The van der Waals surface area contributed by atoms with Crippen molar-refractivity contribution in [3.05, 3.63) is 28.0 Å². The SMILES string of the molecule is COc1cc(F)c(Br)cc1C(N)C1CC1C. The van der Waals surface area contributed by atoms with Crippen LogP contribution in [0.25, 0.3) is 0 Å². The smallest absolute Gasteiger partial charge is 0.141 e. The van der Waals surface area contributed by atoms with Crippen LogP contribution in [-0.4, -0.2) is 7.11 Å². The molecule has 0 spiro atoms. The molecule has 16 heavy (non-hydrogen) atoms. The highest BCUT2D eigenvalue weighted by Gasteiger charge is 2.39. The van der Waals surface area contributed by atoms with Crippen LogP contribution in [-0.2, 0) is 0 Å². The van der Waals surface area contributed by atoms with Crippen molar-refractivity contribution in [2.75, 3.05) is 7.11 Å². The van der Waals surface area contributed by atoms with Crippen molar-refractivity contribution in [3.8, 4) is 5.75 Å². The van der Waals surface area contributed by atoms with E-state index in [1.807, 2.05) is 0 Å². The fourth-order valence-corrected chi connectivity index (χ4v) is 2.42. The Labute approximate surface area is 103 Å². The van der Waals surface area contributed by atoms with Crippen LogP contribution in [0.2, 0.25) is 0 Å². The zero-order chi connectivity index (χ0) is 11.9. The Morgan fingerprint density at radius 1 is 1.56 bits per heavy atom. The maximum atomic E-state index is 13.3. The maximum Gasteiger partial charge on any atom is 0.141 e. The summed E-state index contributed by atoms with van der Waals surface area (Å²) in [5.41, 5.74) is 7.04. The summed E-state index contributed by atoms with van der Waals surface area (Å²) in [4.78, 5) is 0. The van der Waals surface area contributed by atoms with Gasteiger partial charge in [-0.2, -0.15) is 0 Å². The summed E-state index contributed by atoms with van der Waals surface area (Å²) >= 11 is 3.18. The monoisotopic (exact) mass is 287 g/mol. The van der Waals surface area contributed by atoms with Crippen molar-refractivity contribution >= 4 is 15.9 Å². The van der Waals surface area contributed by atoms with Crippen molar-refractivity contribution in [1.29, 1.82) is 0 Å². The van der Waals surface area contributed by atoms with Crippen LogP contribution in [0.3, 0.4) is 0 Å². The van der Waals surface area contributed by atoms with Crippen molar-refractivity contribution in [2.45, 2.75) is 19.4 Å². The molecule has 1 aromatic rings. The molecule has 3 atom stereocenters. The Morgan fingerprint density at radius 3 is 2.69 bits per heavy atom. The van der Waals surface area contributed by atoms with E-state index in [1.165, 1.54) is 13.2 Å². The van der Waals surface area contributed by atoms with E-state index in [0.29, 0.717) is 22.1 Å². The molecular formula is C12H15BrFNO. The predicted octanol–water partition coefficient (Wildman–Crippen LogP) is 3.25. The first-order chi connectivity index (χ1) is 7.54. The van der Waals surface area contributed by atoms with Gasteiger partial charge < -0.3 is 10.5 Å². The van der Waals surface area contributed by atoms with Crippen molar-refractivity contribution in [2.24, 2.45) is 17.6 Å². The third kappa shape index (κ3) is 2.09. The highest BCUT2D eigenvalue weighted by molar-refractivity contribution is 9.10. The molecule has 1 aliphatic rings. The lowest BCUT2D eigenvalue weighted by Gasteiger charge is -2.16. The lowest BCUT2D eigenvalue weighted by molar-refractivity contribution is 0.398. The summed E-state index contributed by atoms with van der Waals surface area (Å²) in [7, 11) is 1.54. The molecule has 4 heteroatoms. The minimum Gasteiger partial charge on any atom is -0.496 e. The number of methoxy groups -OCH3 is 1. The van der Waals surface area contributed by atoms with Gasteiger partial charge in [-0.3, -0.25) is 0 Å². The van der Waals surface area contributed by atoms with E-state index in [4.69, 9.17) is 10.5 Å². The van der Waals surface area contributed by atoms with Gasteiger partial charge >= 0.3 is 0 Å². The van der Waals surface area contributed by atoms with Gasteiger partial charge in [0.1, 0.15) is 11.6 Å². The van der Waals surface area contributed by atoms with Crippen molar-refractivity contribution < 1.29 is 9.13 Å². The Kier molecular flexibility index (Phi) is 3.22. The zero-order valence-electron chi connectivity index (χ0n) is 9.34. The summed E-state index contributed by atoms with van der Waals surface area (Å²) in [6.45, 7) is 2.18. The predicted molar refractivity (Wildman–Crippen MR) is 64.9 cm³/mol. The molecule has 0 saturated heterocycles. The average molecular weight is 288 g/mol. The summed E-state index contributed by atoms with van der Waals surface area (Å²) < 4.78 is 18.9. The Hall–Kier alpha value is -0.610. The molecule has 1 fully saturated rings. The van der Waals surface area contributed by atoms with Gasteiger partial charge in [0.25, 0.3) is 0 Å². The second kappa shape index (κ2) is 4.34. The molecule has 0 heterocycles. The topological polar surface area (TPSA) is 35.2 Å². The molecule has 0 bridgehead atoms. The van der Waals surface area contributed by atoms with E-state index in [9.17, 15) is 4.39 Å². The second-order valence-corrected chi connectivity index (χ2v) is 5.27. The largest absolute Gasteiger partial charge is 0.496 e. The first kappa shape index (κ1) is 11.9. The second-order valence-electron chi connectivity index (χ2n) is 4.41. The molecule has 3 unspecified atom stereocenters. The highest BCUT2D eigenvalue weighted by Crippen LogP contribution is 2.47. The average Bonchev–Trinajstić information content (AvgIpc) is 2.98. The van der Waals surface area contributed by atoms with Crippen molar-refractivity contribution in [3.63, 3.8) is 0 Å². The molecular weight excluding hydrogens is 273 g/mol. The zero-order valence-corrected chi connectivity index (χ0v) is 10.9. The summed E-state index contributed by atoms with van der Waals surface area (Å²) in [6.07, 6.45) is 1.14. The van der Waals surface area contributed by atoms with Crippen molar-refractivity contribution in [1.82, 2.24) is 0 Å². The van der Waals surface area contributed by atoms with Gasteiger partial charge in [0.15, 0.2) is 0 Å². The summed E-state index contributed by atoms with van der Waals surface area (Å²) in [5.74, 6) is 1.36. The Balaban J connectivity index is 2.35. The number of halogens is 2. The molecule has 88 valence electrons. The molecule has 0 amide bonds. The normalized spacial score (nSPS) is 25.3. The molecule has 0 aromatic heterocycles. The molecule has 0 radical (unpaired) electrons. The number of nitrogens with two attached hydrogens (primary N) is 1. The number of benzene rings is 1. The van der Waals surface area contributed by atoms with Gasteiger partial charge in [0.05, 0.1) is 11.6 Å². The summed E-state index contributed by atoms with van der Waals surface area (Å²) in [5, 5.41) is 0. The van der Waals surface area contributed by atoms with E-state index >= 15 is 0 Å². The number of hydrogen-bond donors (Lipinski definition) is 1. The van der Waals surface area contributed by atoms with Crippen LogP contribution < -0.4 is 10.5 Å². The molecule has 1 aliphatic carbocycles. The number of hydrogen-bond acceptors (Lipinski definition) is 2. The van der Waals surface area contributed by atoms with Gasteiger partial charge in [-0.15, -0.1) is 0 Å². The highest BCUT2D eigenvalue weighted by atomic mass is 79.9. The van der Waals surface area contributed by atoms with E-state index in [-0.39, 0.29) is 11.9 Å². The van der Waals surface area contributed by atoms with E-state index < -0.39 is 0 Å². The van der Waals surface area contributed by atoms with Gasteiger partial charge in [0, 0.05) is 17.7 Å². The standard InChI is InChI=1S/C12H15BrFNO/c1-6-3-7(6)12(15)8-4-9(13)10(14)5-11(8)16-2/h4-7,12H,3,15H2,1-2H3. The Morgan fingerprint density at radius 2 is 2.19 bits per heavy atom. The van der Waals surface area contributed by atoms with E-state index in [1.54, 1.807) is 6.07 Å². The first-order valence-electron chi connectivity index (χ1n) is 5.33. The van der Waals surface area contributed by atoms with Crippen LogP contribution in [0.1, 0.15) is 24.9 Å². The maximum absolute atomic E-state index is 13.3. The fourth-order valence-electron chi connectivity index (χ4n) is 2.06. The third-order valence-corrected chi connectivity index (χ3v) is 3.87. The Bertz CT molecular complexity index is 410. The molecule has 1 aromatic carbocycles. The minimum atomic E-state index is -0.323. The van der Waals surface area contributed by atoms with E-state index in [2.05, 4.69) is 22.9 Å². The quantitative estimate of drug-likeness (QED) is 0.926. The molecule has 0 aliphatic heterocycles. The van der Waals surface area contributed by atoms with Gasteiger partial charge in [-0.25, -0.2) is 4.39 Å². The molecule has 1 saturated carbocycles. The van der Waals surface area contributed by atoms with Gasteiger partial charge in [-0.1, -0.05) is 6.92 Å². The van der Waals surface area contributed by atoms with Crippen LogP contribution >= 0.6 is 15.9 Å². The molecule has 2 nitrogen and oxygen atoms in total. The molecule has 2 N–H and O–H groups in total. The van der Waals surface area contributed by atoms with Gasteiger partial charge in [0.2, 0.25) is 0 Å². The molecule has 2 rings (SSSR count). The summed E-state index contributed by atoms with van der Waals surface area (Å²) in [6, 6.07) is 3.04. The van der Waals surface area contributed by atoms with Gasteiger partial charge in [-0.05, 0) is 40.3 Å². The van der Waals surface area contributed by atoms with Crippen LogP contribution in [0.15, 0.2) is 16.6 Å². The number of ether oxygens (including phenoxy) is 1. The fraction of sp³-hybridized carbons (Fsp3) is 0.500. The lowest BCUT2D eigenvalue weighted by Crippen LogP contribution is -2.15. The third-order valence-electron chi connectivity index (χ3n) is 3.26. The van der Waals surface area contributed by atoms with Crippen LogP contribution in [0, 0.1) is 17.7 Å².